The van der Waals surface area contributed by atoms with E-state index in [4.69, 9.17) is 48.0 Å². The van der Waals surface area contributed by atoms with E-state index < -0.39 is 7.82 Å². The summed E-state index contributed by atoms with van der Waals surface area (Å²) in [7, 11) is -4.89. The van der Waals surface area contributed by atoms with E-state index in [-0.39, 0.29) is 17.2 Å². The number of benzene rings is 9. The Labute approximate surface area is 377 Å². The van der Waals surface area contributed by atoms with E-state index in [0.29, 0.717) is 67.5 Å². The lowest BCUT2D eigenvalue weighted by molar-refractivity contribution is 0.300. The fraction of sp³-hybridized carbons (Fsp3) is 0. The summed E-state index contributed by atoms with van der Waals surface area (Å²) in [6.07, 6.45) is 0. The van der Waals surface area contributed by atoms with E-state index in [1.165, 1.54) is 0 Å². The molecule has 0 aliphatic carbocycles. The molecule has 0 aliphatic rings. The Morgan fingerprint density at radius 2 is 0.492 bits per heavy atom. The van der Waals surface area contributed by atoms with Gasteiger partial charge >= 0.3 is 7.82 Å². The molecule has 0 aromatic heterocycles. The minimum atomic E-state index is -4.89. The number of nitrogen functional groups attached to an aromatic ring is 6. The van der Waals surface area contributed by atoms with E-state index >= 15 is 4.57 Å². The molecule has 0 saturated carbocycles. The standard InChI is InChI=1S/C54H45N6O4P/c55-40-16-1-10-34(28-40)46-22-7-25-49(52(46)37-13-4-19-43(58)31-37)62-65(61,63-50-26-8-23-47(35-11-2-17-41(56)29-35)53(50)38-14-5-20-44(59)32-38)64-51-27-9-24-48(36-12-3-18-42(57)30-36)54(51)39-15-6-21-45(60)33-39/h1-33H,55-60H2. The van der Waals surface area contributed by atoms with E-state index in [9.17, 15) is 0 Å². The number of phosphoric acid groups is 1. The van der Waals surface area contributed by atoms with Gasteiger partial charge in [0.1, 0.15) is 17.2 Å². The molecular weight excluding hydrogens is 828 g/mol. The molecule has 65 heavy (non-hydrogen) atoms. The van der Waals surface area contributed by atoms with Crippen molar-refractivity contribution in [3.8, 4) is 84.0 Å². The normalized spacial score (nSPS) is 11.2. The zero-order valence-corrected chi connectivity index (χ0v) is 36.0. The van der Waals surface area contributed by atoms with Crippen molar-refractivity contribution in [2.45, 2.75) is 0 Å². The molecule has 0 bridgehead atoms. The van der Waals surface area contributed by atoms with Crippen LogP contribution in [-0.2, 0) is 4.57 Å². The maximum atomic E-state index is 16.4. The van der Waals surface area contributed by atoms with E-state index in [1.807, 2.05) is 164 Å². The predicted octanol–water partition coefficient (Wildman–Crippen LogP) is 12.8. The van der Waals surface area contributed by atoms with Gasteiger partial charge in [-0.2, -0.15) is 4.57 Å². The van der Waals surface area contributed by atoms with Gasteiger partial charge in [-0.1, -0.05) is 109 Å². The summed E-state index contributed by atoms with van der Waals surface area (Å²) in [5.74, 6) is 0.566. The minimum absolute atomic E-state index is 0.189. The van der Waals surface area contributed by atoms with Crippen molar-refractivity contribution in [1.82, 2.24) is 0 Å². The van der Waals surface area contributed by atoms with Crippen LogP contribution >= 0.6 is 7.82 Å². The molecule has 9 aromatic carbocycles. The molecule has 10 nitrogen and oxygen atoms in total. The largest absolute Gasteiger partial charge is 0.647 e. The van der Waals surface area contributed by atoms with Gasteiger partial charge in [0.25, 0.3) is 0 Å². The molecule has 0 saturated heterocycles. The molecule has 0 heterocycles. The first-order valence-electron chi connectivity index (χ1n) is 20.7. The van der Waals surface area contributed by atoms with Crippen LogP contribution in [0.1, 0.15) is 0 Å². The molecular formula is C54H45N6O4P. The molecule has 0 atom stereocenters. The quantitative estimate of drug-likeness (QED) is 0.0507. The summed E-state index contributed by atoms with van der Waals surface area (Å²) in [4.78, 5) is 0. The Morgan fingerprint density at radius 1 is 0.277 bits per heavy atom. The van der Waals surface area contributed by atoms with Crippen molar-refractivity contribution in [2.75, 3.05) is 34.4 Å². The third-order valence-corrected chi connectivity index (χ3v) is 12.1. The van der Waals surface area contributed by atoms with Crippen LogP contribution in [0.4, 0.5) is 34.1 Å². The van der Waals surface area contributed by atoms with E-state index in [0.717, 1.165) is 33.4 Å². The van der Waals surface area contributed by atoms with Crippen LogP contribution in [0.2, 0.25) is 0 Å². The molecule has 0 aliphatic heterocycles. The van der Waals surface area contributed by atoms with Gasteiger partial charge in [-0.05, 0) is 141 Å². The number of rotatable bonds is 12. The molecule has 0 unspecified atom stereocenters. The Morgan fingerprint density at radius 3 is 0.738 bits per heavy atom. The Balaban J connectivity index is 1.30. The van der Waals surface area contributed by atoms with E-state index in [1.54, 1.807) is 36.4 Å². The summed E-state index contributed by atoms with van der Waals surface area (Å²) in [5.41, 5.74) is 49.8. The first-order valence-corrected chi connectivity index (χ1v) is 22.2. The van der Waals surface area contributed by atoms with Crippen LogP contribution in [0.5, 0.6) is 17.2 Å². The van der Waals surface area contributed by atoms with Crippen molar-refractivity contribution in [3.05, 3.63) is 200 Å². The SMILES string of the molecule is Nc1cccc(-c2cccc(OP(=O)(Oc3cccc(-c4cccc(N)c4)c3-c3cccc(N)c3)Oc3cccc(-c4cccc(N)c4)c3-c3cccc(N)c3)c2-c2cccc(N)c2)c1. The van der Waals surface area contributed by atoms with Crippen molar-refractivity contribution >= 4 is 41.9 Å². The summed E-state index contributed by atoms with van der Waals surface area (Å²) in [5, 5.41) is 0. The van der Waals surface area contributed by atoms with Gasteiger partial charge in [-0.15, -0.1) is 0 Å². The first kappa shape index (κ1) is 41.7. The highest BCUT2D eigenvalue weighted by Gasteiger charge is 2.37. The number of nitrogens with two attached hydrogens (primary N) is 6. The second-order valence-electron chi connectivity index (χ2n) is 15.5. The molecule has 0 spiro atoms. The van der Waals surface area contributed by atoms with Crippen LogP contribution in [0.25, 0.3) is 66.8 Å². The van der Waals surface area contributed by atoms with Crippen molar-refractivity contribution in [1.29, 1.82) is 0 Å². The van der Waals surface area contributed by atoms with Crippen molar-refractivity contribution in [3.63, 3.8) is 0 Å². The van der Waals surface area contributed by atoms with E-state index in [2.05, 4.69) is 0 Å². The zero-order valence-electron chi connectivity index (χ0n) is 35.1. The molecule has 0 fully saturated rings. The zero-order chi connectivity index (χ0) is 45.1. The first-order chi connectivity index (χ1) is 31.5. The minimum Gasteiger partial charge on any atom is -0.399 e. The van der Waals surface area contributed by atoms with Crippen LogP contribution in [0, 0.1) is 0 Å². The smallest absolute Gasteiger partial charge is 0.399 e. The summed E-state index contributed by atoms with van der Waals surface area (Å²) in [6.45, 7) is 0. The molecule has 11 heteroatoms. The van der Waals surface area contributed by atoms with Gasteiger partial charge in [0, 0.05) is 50.8 Å². The monoisotopic (exact) mass is 872 g/mol. The lowest BCUT2D eigenvalue weighted by atomic mass is 9.93. The maximum absolute atomic E-state index is 16.4. The number of hydrogen-bond acceptors (Lipinski definition) is 10. The summed E-state index contributed by atoms with van der Waals surface area (Å²) >= 11 is 0. The van der Waals surface area contributed by atoms with Gasteiger partial charge < -0.3 is 48.0 Å². The average molecular weight is 873 g/mol. The fourth-order valence-electron chi connectivity index (χ4n) is 8.05. The molecule has 9 aromatic rings. The summed E-state index contributed by atoms with van der Waals surface area (Å²) < 4.78 is 36.9. The van der Waals surface area contributed by atoms with Gasteiger partial charge in [0.15, 0.2) is 0 Å². The highest BCUT2D eigenvalue weighted by Crippen LogP contribution is 2.57. The highest BCUT2D eigenvalue weighted by molar-refractivity contribution is 7.49. The number of anilines is 6. The molecule has 0 amide bonds. The number of hydrogen-bond donors (Lipinski definition) is 6. The Hall–Kier alpha value is -8.59. The second-order valence-corrected chi connectivity index (χ2v) is 17.0. The number of phosphoric ester groups is 1. The summed E-state index contributed by atoms with van der Waals surface area (Å²) in [6, 6.07) is 60.9. The van der Waals surface area contributed by atoms with Crippen LogP contribution in [0.3, 0.4) is 0 Å². The lowest BCUT2D eigenvalue weighted by Gasteiger charge is -2.25. The van der Waals surface area contributed by atoms with Gasteiger partial charge in [-0.25, -0.2) is 0 Å². The fourth-order valence-corrected chi connectivity index (χ4v) is 9.35. The molecule has 12 N–H and O–H groups in total. The Bertz CT molecular complexity index is 2940. The Kier molecular flexibility index (Phi) is 11.3. The molecule has 9 rings (SSSR count). The molecule has 0 radical (unpaired) electrons. The lowest BCUT2D eigenvalue weighted by Crippen LogP contribution is -2.10. The third kappa shape index (κ3) is 9.02. The third-order valence-electron chi connectivity index (χ3n) is 10.8. The molecule has 320 valence electrons. The van der Waals surface area contributed by atoms with Crippen LogP contribution < -0.4 is 48.0 Å². The van der Waals surface area contributed by atoms with Gasteiger partial charge in [-0.3, -0.25) is 0 Å². The van der Waals surface area contributed by atoms with Gasteiger partial charge in [0.2, 0.25) is 0 Å². The van der Waals surface area contributed by atoms with Crippen LogP contribution in [0.15, 0.2) is 200 Å². The average Bonchev–Trinajstić information content (AvgIpc) is 3.28. The second kappa shape index (κ2) is 17.6. The van der Waals surface area contributed by atoms with Gasteiger partial charge in [0.05, 0.1) is 0 Å². The maximum Gasteiger partial charge on any atom is 0.647 e. The van der Waals surface area contributed by atoms with Crippen molar-refractivity contribution in [2.24, 2.45) is 0 Å². The van der Waals surface area contributed by atoms with Crippen LogP contribution in [-0.4, -0.2) is 0 Å². The highest BCUT2D eigenvalue weighted by atomic mass is 31.2. The van der Waals surface area contributed by atoms with Crippen molar-refractivity contribution < 1.29 is 18.1 Å². The predicted molar refractivity (Wildman–Crippen MR) is 268 cm³/mol. The topological polar surface area (TPSA) is 201 Å².